The molecule has 0 fully saturated rings. The lowest BCUT2D eigenvalue weighted by Crippen LogP contribution is -2.22. The summed E-state index contributed by atoms with van der Waals surface area (Å²) in [6.07, 6.45) is 1.55. The van der Waals surface area contributed by atoms with Crippen LogP contribution >= 0.6 is 0 Å². The number of amides is 1. The fraction of sp³-hybridized carbons (Fsp3) is 0.143. The molecule has 0 atom stereocenters. The number of benzene rings is 2. The number of nitrogens with zero attached hydrogens (tertiary/aromatic N) is 1. The van der Waals surface area contributed by atoms with Crippen LogP contribution in [0, 0.1) is 0 Å². The molecule has 1 aliphatic rings. The second-order valence-electron chi connectivity index (χ2n) is 6.26. The lowest BCUT2D eigenvalue weighted by atomic mass is 10.2. The number of aromatic nitrogens is 1. The van der Waals surface area contributed by atoms with Crippen molar-refractivity contribution in [2.75, 3.05) is 19.2 Å². The van der Waals surface area contributed by atoms with Gasteiger partial charge in [0.25, 0.3) is 11.5 Å². The molecule has 0 radical (unpaired) electrons. The first-order valence-electron chi connectivity index (χ1n) is 8.67. The Kier molecular flexibility index (Phi) is 4.72. The van der Waals surface area contributed by atoms with Crippen molar-refractivity contribution in [2.24, 2.45) is 0 Å². The van der Waals surface area contributed by atoms with Crippen molar-refractivity contribution in [3.63, 3.8) is 0 Å². The molecule has 2 aromatic carbocycles. The van der Waals surface area contributed by atoms with Gasteiger partial charge in [-0.1, -0.05) is 12.1 Å². The van der Waals surface area contributed by atoms with Crippen molar-refractivity contribution in [2.45, 2.75) is 6.54 Å². The Bertz CT molecular complexity index is 1090. The lowest BCUT2D eigenvalue weighted by Gasteiger charge is -2.10. The van der Waals surface area contributed by atoms with Crippen LogP contribution < -0.4 is 25.1 Å². The summed E-state index contributed by atoms with van der Waals surface area (Å²) in [5.41, 5.74) is 1.66. The Morgan fingerprint density at radius 2 is 1.96 bits per heavy atom. The van der Waals surface area contributed by atoms with Crippen LogP contribution in [0.1, 0.15) is 15.9 Å². The summed E-state index contributed by atoms with van der Waals surface area (Å²) >= 11 is 0. The number of nitrogens with one attached hydrogen (secondary N) is 1. The summed E-state index contributed by atoms with van der Waals surface area (Å²) in [5, 5.41) is 2.81. The molecule has 28 heavy (non-hydrogen) atoms. The number of carbonyl (C=O) groups excluding carboxylic acids is 1. The molecule has 3 aromatic rings. The maximum absolute atomic E-state index is 12.6. The summed E-state index contributed by atoms with van der Waals surface area (Å²) < 4.78 is 17.3. The molecule has 0 aliphatic carbocycles. The Labute approximate surface area is 161 Å². The van der Waals surface area contributed by atoms with E-state index in [9.17, 15) is 9.59 Å². The molecule has 1 aromatic heterocycles. The number of rotatable bonds is 5. The minimum absolute atomic E-state index is 0.169. The fourth-order valence-corrected chi connectivity index (χ4v) is 2.93. The van der Waals surface area contributed by atoms with Crippen LogP contribution in [-0.2, 0) is 6.54 Å². The van der Waals surface area contributed by atoms with E-state index in [1.54, 1.807) is 31.5 Å². The van der Waals surface area contributed by atoms with E-state index in [0.717, 1.165) is 5.56 Å². The van der Waals surface area contributed by atoms with E-state index >= 15 is 0 Å². The van der Waals surface area contributed by atoms with Crippen molar-refractivity contribution in [3.05, 3.63) is 82.3 Å². The standard InChI is InChI=1S/C21H18N2O5/c1-26-17-4-2-3-14(9-17)11-23-12-15(5-8-20(23)24)21(25)22-16-6-7-18-19(10-16)28-13-27-18/h2-10,12H,11,13H2,1H3,(H,22,25). The van der Waals surface area contributed by atoms with Gasteiger partial charge < -0.3 is 24.1 Å². The zero-order valence-corrected chi connectivity index (χ0v) is 15.2. The van der Waals surface area contributed by atoms with Crippen LogP contribution in [0.4, 0.5) is 5.69 Å². The van der Waals surface area contributed by atoms with Crippen molar-refractivity contribution in [3.8, 4) is 17.2 Å². The highest BCUT2D eigenvalue weighted by Crippen LogP contribution is 2.34. The predicted octanol–water partition coefficient (Wildman–Crippen LogP) is 2.89. The predicted molar refractivity (Wildman–Crippen MR) is 103 cm³/mol. The lowest BCUT2D eigenvalue weighted by molar-refractivity contribution is 0.102. The number of carbonyl (C=O) groups is 1. The van der Waals surface area contributed by atoms with Gasteiger partial charge >= 0.3 is 0 Å². The third-order valence-electron chi connectivity index (χ3n) is 4.36. The largest absolute Gasteiger partial charge is 0.497 e. The van der Waals surface area contributed by atoms with E-state index in [1.807, 2.05) is 24.3 Å². The molecule has 0 saturated heterocycles. The van der Waals surface area contributed by atoms with Gasteiger partial charge in [-0.05, 0) is 35.9 Å². The Balaban J connectivity index is 1.54. The quantitative estimate of drug-likeness (QED) is 0.739. The topological polar surface area (TPSA) is 78.8 Å². The molecule has 0 saturated carbocycles. The van der Waals surface area contributed by atoms with Gasteiger partial charge in [-0.2, -0.15) is 0 Å². The van der Waals surface area contributed by atoms with E-state index in [-0.39, 0.29) is 18.3 Å². The number of fused-ring (bicyclic) bond motifs is 1. The summed E-state index contributed by atoms with van der Waals surface area (Å²) in [6, 6.07) is 15.5. The van der Waals surface area contributed by atoms with Crippen molar-refractivity contribution >= 4 is 11.6 Å². The average molecular weight is 378 g/mol. The van der Waals surface area contributed by atoms with Gasteiger partial charge in [0.2, 0.25) is 6.79 Å². The number of hydrogen-bond donors (Lipinski definition) is 1. The number of ether oxygens (including phenoxy) is 3. The van der Waals surface area contributed by atoms with E-state index in [2.05, 4.69) is 5.32 Å². The van der Waals surface area contributed by atoms with Crippen LogP contribution in [0.25, 0.3) is 0 Å². The maximum atomic E-state index is 12.6. The van der Waals surface area contributed by atoms with Crippen LogP contribution in [0.3, 0.4) is 0 Å². The van der Waals surface area contributed by atoms with Crippen molar-refractivity contribution in [1.82, 2.24) is 4.57 Å². The molecule has 0 bridgehead atoms. The third kappa shape index (κ3) is 3.68. The molecule has 1 amide bonds. The molecule has 7 nitrogen and oxygen atoms in total. The van der Waals surface area contributed by atoms with Gasteiger partial charge in [0, 0.05) is 24.0 Å². The zero-order valence-electron chi connectivity index (χ0n) is 15.2. The first kappa shape index (κ1) is 17.7. The van der Waals surface area contributed by atoms with Crippen LogP contribution in [0.15, 0.2) is 65.6 Å². The van der Waals surface area contributed by atoms with Crippen LogP contribution in [0.2, 0.25) is 0 Å². The number of methoxy groups -OCH3 is 1. The normalized spacial score (nSPS) is 11.9. The molecule has 142 valence electrons. The van der Waals surface area contributed by atoms with Gasteiger partial charge in [0.15, 0.2) is 11.5 Å². The summed E-state index contributed by atoms with van der Waals surface area (Å²) in [6.45, 7) is 0.503. The molecule has 0 unspecified atom stereocenters. The molecular weight excluding hydrogens is 360 g/mol. The molecule has 1 N–H and O–H groups in total. The Morgan fingerprint density at radius 3 is 2.82 bits per heavy atom. The second kappa shape index (κ2) is 7.48. The van der Waals surface area contributed by atoms with Gasteiger partial charge in [-0.25, -0.2) is 0 Å². The van der Waals surface area contributed by atoms with Gasteiger partial charge in [0.05, 0.1) is 19.2 Å². The third-order valence-corrected chi connectivity index (χ3v) is 4.36. The number of anilines is 1. The SMILES string of the molecule is COc1cccc(Cn2cc(C(=O)Nc3ccc4c(c3)OCO4)ccc2=O)c1. The second-order valence-corrected chi connectivity index (χ2v) is 6.26. The maximum Gasteiger partial charge on any atom is 0.257 e. The first-order chi connectivity index (χ1) is 13.6. The minimum Gasteiger partial charge on any atom is -0.497 e. The molecule has 4 rings (SSSR count). The molecule has 7 heteroatoms. The van der Waals surface area contributed by atoms with E-state index < -0.39 is 0 Å². The number of hydrogen-bond acceptors (Lipinski definition) is 5. The first-order valence-corrected chi connectivity index (χ1v) is 8.67. The highest BCUT2D eigenvalue weighted by molar-refractivity contribution is 6.04. The highest BCUT2D eigenvalue weighted by Gasteiger charge is 2.15. The van der Waals surface area contributed by atoms with E-state index in [1.165, 1.54) is 16.7 Å². The zero-order chi connectivity index (χ0) is 19.5. The molecular formula is C21H18N2O5. The van der Waals surface area contributed by atoms with Gasteiger partial charge in [0.1, 0.15) is 5.75 Å². The monoisotopic (exact) mass is 378 g/mol. The highest BCUT2D eigenvalue weighted by atomic mass is 16.7. The summed E-state index contributed by atoms with van der Waals surface area (Å²) in [4.78, 5) is 24.8. The van der Waals surface area contributed by atoms with Crippen LogP contribution in [-0.4, -0.2) is 24.4 Å². The number of pyridine rings is 1. The smallest absolute Gasteiger partial charge is 0.257 e. The van der Waals surface area contributed by atoms with Gasteiger partial charge in [-0.15, -0.1) is 0 Å². The van der Waals surface area contributed by atoms with Crippen molar-refractivity contribution < 1.29 is 19.0 Å². The fourth-order valence-electron chi connectivity index (χ4n) is 2.93. The Hall–Kier alpha value is -3.74. The van der Waals surface area contributed by atoms with Crippen LogP contribution in [0.5, 0.6) is 17.2 Å². The molecule has 0 spiro atoms. The van der Waals surface area contributed by atoms with Gasteiger partial charge in [-0.3, -0.25) is 9.59 Å². The molecule has 2 heterocycles. The van der Waals surface area contributed by atoms with E-state index in [4.69, 9.17) is 14.2 Å². The molecule has 1 aliphatic heterocycles. The minimum atomic E-state index is -0.321. The summed E-state index contributed by atoms with van der Waals surface area (Å²) in [5.74, 6) is 1.62. The van der Waals surface area contributed by atoms with E-state index in [0.29, 0.717) is 35.0 Å². The Morgan fingerprint density at radius 1 is 1.11 bits per heavy atom. The van der Waals surface area contributed by atoms with Crippen molar-refractivity contribution in [1.29, 1.82) is 0 Å². The summed E-state index contributed by atoms with van der Waals surface area (Å²) in [7, 11) is 1.59. The average Bonchev–Trinajstić information content (AvgIpc) is 3.17.